The van der Waals surface area contributed by atoms with Crippen LogP contribution < -0.4 is 5.32 Å². The first-order valence-electron chi connectivity index (χ1n) is 12.9. The molecule has 1 aliphatic rings. The van der Waals surface area contributed by atoms with Crippen LogP contribution in [-0.4, -0.2) is 61.7 Å². The third-order valence-electron chi connectivity index (χ3n) is 7.53. The summed E-state index contributed by atoms with van der Waals surface area (Å²) in [6.45, 7) is 20.5. The molecule has 1 atom stereocenters. The van der Waals surface area contributed by atoms with Gasteiger partial charge < -0.3 is 19.2 Å². The maximum Gasteiger partial charge on any atom is 0.223 e. The molecule has 1 aromatic rings. The van der Waals surface area contributed by atoms with E-state index in [9.17, 15) is 9.59 Å². The molecule has 7 nitrogen and oxygen atoms in total. The molecule has 198 valence electrons. The lowest BCUT2D eigenvalue weighted by Gasteiger charge is -2.36. The molecular weight excluding hydrogens is 456 g/mol. The summed E-state index contributed by atoms with van der Waals surface area (Å²) >= 11 is 0. The van der Waals surface area contributed by atoms with Crippen LogP contribution >= 0.6 is 0 Å². The Kier molecular flexibility index (Phi) is 9.70. The van der Waals surface area contributed by atoms with Crippen LogP contribution in [0.4, 0.5) is 0 Å². The van der Waals surface area contributed by atoms with E-state index >= 15 is 0 Å². The Bertz CT molecular complexity index is 922. The molecule has 0 unspecified atom stereocenters. The van der Waals surface area contributed by atoms with Crippen LogP contribution in [0.3, 0.4) is 0 Å². The maximum atomic E-state index is 13.5. The average molecular weight is 505 g/mol. The van der Waals surface area contributed by atoms with Crippen LogP contribution in [0.15, 0.2) is 6.08 Å². The van der Waals surface area contributed by atoms with E-state index in [1.165, 1.54) is 0 Å². The highest BCUT2D eigenvalue weighted by Gasteiger charge is 2.37. The minimum absolute atomic E-state index is 0.0616. The third kappa shape index (κ3) is 7.60. The van der Waals surface area contributed by atoms with Crippen molar-refractivity contribution in [2.24, 2.45) is 11.3 Å². The van der Waals surface area contributed by atoms with Gasteiger partial charge in [0.15, 0.2) is 14.1 Å². The van der Waals surface area contributed by atoms with Gasteiger partial charge in [0.25, 0.3) is 0 Å². The number of carbonyl (C=O) groups is 2. The topological polar surface area (TPSA) is 76.5 Å². The lowest BCUT2D eigenvalue weighted by atomic mass is 9.77. The maximum absolute atomic E-state index is 13.5. The van der Waals surface area contributed by atoms with Crippen molar-refractivity contribution in [3.8, 4) is 0 Å². The average Bonchev–Trinajstić information content (AvgIpc) is 2.94. The zero-order valence-electron chi connectivity index (χ0n) is 23.7. The van der Waals surface area contributed by atoms with Gasteiger partial charge in [-0.05, 0) is 56.1 Å². The number of imidazole rings is 1. The summed E-state index contributed by atoms with van der Waals surface area (Å²) < 4.78 is 8.48. The largest absolute Gasteiger partial charge is 0.417 e. The monoisotopic (exact) mass is 504 g/mol. The van der Waals surface area contributed by atoms with Gasteiger partial charge in [-0.25, -0.2) is 4.98 Å². The zero-order valence-corrected chi connectivity index (χ0v) is 24.7. The molecule has 1 aliphatic heterocycles. The number of rotatable bonds is 9. The molecule has 1 aromatic heterocycles. The summed E-state index contributed by atoms with van der Waals surface area (Å²) in [5.74, 6) is 0.245. The van der Waals surface area contributed by atoms with Crippen LogP contribution in [0.5, 0.6) is 0 Å². The summed E-state index contributed by atoms with van der Waals surface area (Å²) in [6, 6.07) is 0. The van der Waals surface area contributed by atoms with E-state index in [0.29, 0.717) is 18.8 Å². The highest BCUT2D eigenvalue weighted by Crippen LogP contribution is 2.36. The van der Waals surface area contributed by atoms with Gasteiger partial charge in [0.2, 0.25) is 5.91 Å². The Balaban J connectivity index is 2.26. The molecule has 0 radical (unpaired) electrons. The number of ketones is 1. The second-order valence-electron chi connectivity index (χ2n) is 12.5. The summed E-state index contributed by atoms with van der Waals surface area (Å²) in [5.41, 5.74) is 1.14. The highest BCUT2D eigenvalue weighted by atomic mass is 28.4. The summed E-state index contributed by atoms with van der Waals surface area (Å²) in [5, 5.41) is 2.92. The second kappa shape index (κ2) is 11.5. The summed E-state index contributed by atoms with van der Waals surface area (Å²) in [7, 11) is 1.94. The Hall–Kier alpha value is -1.77. The highest BCUT2D eigenvalue weighted by molar-refractivity contribution is 6.74. The van der Waals surface area contributed by atoms with Crippen LogP contribution in [-0.2, 0) is 22.3 Å². The fraction of sp³-hybridized carbons (Fsp3) is 0.741. The van der Waals surface area contributed by atoms with Crippen molar-refractivity contribution in [3.63, 3.8) is 0 Å². The fourth-order valence-corrected chi connectivity index (χ4v) is 5.20. The van der Waals surface area contributed by atoms with Crippen molar-refractivity contribution in [1.29, 1.82) is 0 Å². The SMILES string of the molecule is CNC(=O)[C@@H](CC(=O)c1nc(/C=C/CCO[Si](C)(C)C(C)(C)C)n2c1CN(C)CCC2)C(C)(C)C. The van der Waals surface area contributed by atoms with Gasteiger partial charge in [-0.15, -0.1) is 0 Å². The summed E-state index contributed by atoms with van der Waals surface area (Å²) in [4.78, 5) is 33.1. The van der Waals surface area contributed by atoms with Crippen molar-refractivity contribution in [1.82, 2.24) is 19.8 Å². The standard InChI is InChI=1S/C27H48N4O3Si/c1-26(2,3)20(25(33)28-7)18-22(32)24-21-19-30(8)15-13-16-31(21)23(29-24)14-11-12-17-34-35(9,10)27(4,5)6/h11,14,20H,12-13,15-19H2,1-10H3,(H,28,33)/b14-11+/t20-/m1/s1. The molecule has 0 fully saturated rings. The molecule has 0 aromatic carbocycles. The molecule has 0 bridgehead atoms. The Morgan fingerprint density at radius 2 is 1.83 bits per heavy atom. The van der Waals surface area contributed by atoms with E-state index in [4.69, 9.17) is 9.41 Å². The molecule has 1 N–H and O–H groups in total. The predicted octanol–water partition coefficient (Wildman–Crippen LogP) is 5.12. The number of amides is 1. The molecule has 35 heavy (non-hydrogen) atoms. The molecule has 0 saturated carbocycles. The van der Waals surface area contributed by atoms with Crippen molar-refractivity contribution in [2.75, 3.05) is 27.2 Å². The van der Waals surface area contributed by atoms with Crippen molar-refractivity contribution in [2.45, 2.75) is 92.0 Å². The Morgan fingerprint density at radius 1 is 1.17 bits per heavy atom. The van der Waals surface area contributed by atoms with Crippen molar-refractivity contribution in [3.05, 3.63) is 23.3 Å². The van der Waals surface area contributed by atoms with Gasteiger partial charge in [0.1, 0.15) is 11.5 Å². The lowest BCUT2D eigenvalue weighted by molar-refractivity contribution is -0.127. The zero-order chi connectivity index (χ0) is 26.6. The van der Waals surface area contributed by atoms with Crippen LogP contribution in [0.2, 0.25) is 18.1 Å². The number of hydrogen-bond acceptors (Lipinski definition) is 5. The molecule has 1 amide bonds. The van der Waals surface area contributed by atoms with Crippen LogP contribution in [0, 0.1) is 11.3 Å². The van der Waals surface area contributed by atoms with Crippen LogP contribution in [0.25, 0.3) is 6.08 Å². The van der Waals surface area contributed by atoms with E-state index in [-0.39, 0.29) is 28.6 Å². The third-order valence-corrected chi connectivity index (χ3v) is 12.1. The number of hydrogen-bond donors (Lipinski definition) is 1. The van der Waals surface area contributed by atoms with Gasteiger partial charge in [-0.3, -0.25) is 9.59 Å². The molecule has 8 heteroatoms. The minimum Gasteiger partial charge on any atom is -0.417 e. The molecule has 0 aliphatic carbocycles. The van der Waals surface area contributed by atoms with Gasteiger partial charge in [0, 0.05) is 33.2 Å². The van der Waals surface area contributed by atoms with Gasteiger partial charge >= 0.3 is 0 Å². The van der Waals surface area contributed by atoms with E-state index < -0.39 is 14.2 Å². The van der Waals surface area contributed by atoms with E-state index in [2.05, 4.69) is 61.8 Å². The number of nitrogens with one attached hydrogen (secondary N) is 1. The number of aromatic nitrogens is 2. The molecule has 0 spiro atoms. The molecule has 2 heterocycles. The number of carbonyl (C=O) groups excluding carboxylic acids is 2. The Morgan fingerprint density at radius 3 is 2.40 bits per heavy atom. The molecule has 2 rings (SSSR count). The molecular formula is C27H48N4O3Si. The van der Waals surface area contributed by atoms with Crippen LogP contribution in [0.1, 0.15) is 82.8 Å². The quantitative estimate of drug-likeness (QED) is 0.287. The second-order valence-corrected chi connectivity index (χ2v) is 17.3. The van der Waals surface area contributed by atoms with E-state index in [1.807, 2.05) is 26.8 Å². The first kappa shape index (κ1) is 29.5. The first-order chi connectivity index (χ1) is 16.1. The van der Waals surface area contributed by atoms with Crippen molar-refractivity contribution < 1.29 is 14.0 Å². The summed E-state index contributed by atoms with van der Waals surface area (Å²) in [6.07, 6.45) is 6.10. The Labute approximate surface area is 213 Å². The normalized spacial score (nSPS) is 16.7. The van der Waals surface area contributed by atoms with Gasteiger partial charge in [-0.2, -0.15) is 0 Å². The number of Topliss-reactive ketones (excluding diaryl/α,β-unsaturated/α-hetero) is 1. The van der Waals surface area contributed by atoms with E-state index in [0.717, 1.165) is 37.4 Å². The van der Waals surface area contributed by atoms with Gasteiger partial charge in [0.05, 0.1) is 11.6 Å². The van der Waals surface area contributed by atoms with Crippen molar-refractivity contribution >= 4 is 26.1 Å². The first-order valence-corrected chi connectivity index (χ1v) is 15.8. The predicted molar refractivity (Wildman–Crippen MR) is 146 cm³/mol. The fourth-order valence-electron chi connectivity index (χ4n) is 4.14. The lowest BCUT2D eigenvalue weighted by Crippen LogP contribution is -2.40. The number of fused-ring (bicyclic) bond motifs is 1. The smallest absolute Gasteiger partial charge is 0.223 e. The minimum atomic E-state index is -1.76. The molecule has 0 saturated heterocycles. The number of nitrogens with zero attached hydrogens (tertiary/aromatic N) is 3. The van der Waals surface area contributed by atoms with Gasteiger partial charge in [-0.1, -0.05) is 47.6 Å². The van der Waals surface area contributed by atoms with E-state index in [1.54, 1.807) is 7.05 Å².